The Morgan fingerprint density at radius 1 is 0.882 bits per heavy atom. The molecule has 0 aromatic heterocycles. The highest BCUT2D eigenvalue weighted by atomic mass is 16.3. The molecule has 1 N–H and O–H groups in total. The molecule has 5 rings (SSSR count). The highest BCUT2D eigenvalue weighted by molar-refractivity contribution is 6.51. The largest absolute Gasteiger partial charge is 0.507 e. The Labute approximate surface area is 196 Å². The minimum atomic E-state index is -0.812. The molecule has 1 heterocycles. The lowest BCUT2D eigenvalue weighted by molar-refractivity contribution is -0.132. The summed E-state index contributed by atoms with van der Waals surface area (Å²) in [4.78, 5) is 28.1. The minimum Gasteiger partial charge on any atom is -0.507 e. The predicted octanol–water partition coefficient (Wildman–Crippen LogP) is 5.65. The molecule has 5 nitrogen and oxygen atoms in total. The number of hydrogen-bond donors (Lipinski definition) is 1. The van der Waals surface area contributed by atoms with E-state index < -0.39 is 17.7 Å². The number of nitriles is 1. The van der Waals surface area contributed by atoms with Gasteiger partial charge in [-0.3, -0.25) is 14.5 Å². The molecule has 1 aliphatic heterocycles. The maximum atomic E-state index is 13.4. The Kier molecular flexibility index (Phi) is 5.19. The summed E-state index contributed by atoms with van der Waals surface area (Å²) in [6, 6.07) is 28.3. The third-order valence-electron chi connectivity index (χ3n) is 6.25. The van der Waals surface area contributed by atoms with E-state index in [1.165, 1.54) is 4.90 Å². The standard InChI is InChI=1S/C29H20N2O3/c1-18-7-2-4-10-22(18)26-25(27(32)24-12-6-9-20-8-3-5-11-23(20)24)28(33)29(34)31(26)21-15-13-19(17-30)14-16-21/h2-16,26,32H,1H3/b27-25+. The Hall–Kier alpha value is -4.69. The smallest absolute Gasteiger partial charge is 0.300 e. The molecule has 4 aromatic carbocycles. The number of Topliss-reactive ketones (excluding diaryl/α,β-unsaturated/α-hetero) is 1. The van der Waals surface area contributed by atoms with Crippen molar-refractivity contribution in [3.05, 3.63) is 119 Å². The van der Waals surface area contributed by atoms with E-state index in [0.717, 1.165) is 21.9 Å². The number of nitrogens with zero attached hydrogens (tertiary/aromatic N) is 2. The van der Waals surface area contributed by atoms with E-state index in [-0.39, 0.29) is 11.3 Å². The van der Waals surface area contributed by atoms with Gasteiger partial charge in [-0.2, -0.15) is 5.26 Å². The molecule has 1 aliphatic rings. The van der Waals surface area contributed by atoms with Crippen LogP contribution in [0.4, 0.5) is 5.69 Å². The molecule has 0 spiro atoms. The zero-order chi connectivity index (χ0) is 23.8. The number of rotatable bonds is 3. The predicted molar refractivity (Wildman–Crippen MR) is 131 cm³/mol. The van der Waals surface area contributed by atoms with Crippen LogP contribution in [-0.2, 0) is 9.59 Å². The Balaban J connectivity index is 1.78. The van der Waals surface area contributed by atoms with Gasteiger partial charge in [-0.1, -0.05) is 66.7 Å². The maximum absolute atomic E-state index is 13.4. The first kappa shape index (κ1) is 21.2. The lowest BCUT2D eigenvalue weighted by Gasteiger charge is -2.26. The third kappa shape index (κ3) is 3.33. The Bertz CT molecular complexity index is 1520. The minimum absolute atomic E-state index is 0.0417. The van der Waals surface area contributed by atoms with Crippen LogP contribution in [0.25, 0.3) is 16.5 Å². The number of carbonyl (C=O) groups is 2. The molecule has 1 atom stereocenters. The van der Waals surface area contributed by atoms with E-state index in [9.17, 15) is 14.7 Å². The van der Waals surface area contributed by atoms with E-state index >= 15 is 0 Å². The number of carbonyl (C=O) groups excluding carboxylic acids is 2. The van der Waals surface area contributed by atoms with Crippen LogP contribution in [0.5, 0.6) is 0 Å². The van der Waals surface area contributed by atoms with E-state index in [0.29, 0.717) is 16.8 Å². The zero-order valence-corrected chi connectivity index (χ0v) is 18.4. The first-order valence-electron chi connectivity index (χ1n) is 10.9. The normalized spacial score (nSPS) is 17.2. The number of hydrogen-bond acceptors (Lipinski definition) is 4. The van der Waals surface area contributed by atoms with Crippen LogP contribution in [-0.4, -0.2) is 16.8 Å². The van der Waals surface area contributed by atoms with E-state index in [1.54, 1.807) is 30.3 Å². The molecule has 4 aromatic rings. The highest BCUT2D eigenvalue weighted by Gasteiger charge is 2.47. The molecule has 164 valence electrons. The monoisotopic (exact) mass is 444 g/mol. The van der Waals surface area contributed by atoms with Crippen molar-refractivity contribution in [3.8, 4) is 6.07 Å². The fourth-order valence-electron chi connectivity index (χ4n) is 4.56. The Morgan fingerprint density at radius 2 is 1.56 bits per heavy atom. The summed E-state index contributed by atoms with van der Waals surface area (Å²) < 4.78 is 0. The number of amides is 1. The number of aryl methyl sites for hydroxylation is 1. The highest BCUT2D eigenvalue weighted by Crippen LogP contribution is 2.43. The van der Waals surface area contributed by atoms with Gasteiger partial charge in [-0.05, 0) is 53.1 Å². The topological polar surface area (TPSA) is 81.4 Å². The average molecular weight is 444 g/mol. The van der Waals surface area contributed by atoms with E-state index in [1.807, 2.05) is 67.6 Å². The number of aliphatic hydroxyl groups excluding tert-OH is 1. The second-order valence-electron chi connectivity index (χ2n) is 8.21. The van der Waals surface area contributed by atoms with Crippen molar-refractivity contribution < 1.29 is 14.7 Å². The van der Waals surface area contributed by atoms with Crippen LogP contribution < -0.4 is 4.90 Å². The van der Waals surface area contributed by atoms with Crippen LogP contribution in [0.3, 0.4) is 0 Å². The lowest BCUT2D eigenvalue weighted by atomic mass is 9.91. The molecule has 0 aliphatic carbocycles. The van der Waals surface area contributed by atoms with Crippen molar-refractivity contribution in [2.45, 2.75) is 13.0 Å². The van der Waals surface area contributed by atoms with Gasteiger partial charge in [0.2, 0.25) is 0 Å². The van der Waals surface area contributed by atoms with Gasteiger partial charge < -0.3 is 5.11 Å². The first-order chi connectivity index (χ1) is 16.5. The summed E-state index contributed by atoms with van der Waals surface area (Å²) in [5.41, 5.74) is 3.09. The fraction of sp³-hybridized carbons (Fsp3) is 0.0690. The number of benzene rings is 4. The van der Waals surface area contributed by atoms with Crippen molar-refractivity contribution in [3.63, 3.8) is 0 Å². The summed E-state index contributed by atoms with van der Waals surface area (Å²) in [7, 11) is 0. The van der Waals surface area contributed by atoms with E-state index in [4.69, 9.17) is 5.26 Å². The van der Waals surface area contributed by atoms with Crippen molar-refractivity contribution in [1.29, 1.82) is 5.26 Å². The molecule has 1 unspecified atom stereocenters. The molecule has 0 bridgehead atoms. The molecule has 34 heavy (non-hydrogen) atoms. The van der Waals surface area contributed by atoms with Gasteiger partial charge in [-0.25, -0.2) is 0 Å². The molecular formula is C29H20N2O3. The van der Waals surface area contributed by atoms with E-state index in [2.05, 4.69) is 6.07 Å². The molecule has 0 saturated carbocycles. The summed E-state index contributed by atoms with van der Waals surface area (Å²) in [6.45, 7) is 1.91. The second kappa shape index (κ2) is 8.34. The van der Waals surface area contributed by atoms with Gasteiger partial charge >= 0.3 is 0 Å². The van der Waals surface area contributed by atoms with Crippen LogP contribution in [0, 0.1) is 18.3 Å². The molecule has 1 saturated heterocycles. The van der Waals surface area contributed by atoms with Crippen LogP contribution >= 0.6 is 0 Å². The number of fused-ring (bicyclic) bond motifs is 1. The van der Waals surface area contributed by atoms with Crippen LogP contribution in [0.2, 0.25) is 0 Å². The molecule has 5 heteroatoms. The average Bonchev–Trinajstić information content (AvgIpc) is 3.13. The van der Waals surface area contributed by atoms with Crippen molar-refractivity contribution in [2.24, 2.45) is 0 Å². The fourth-order valence-corrected chi connectivity index (χ4v) is 4.56. The summed E-state index contributed by atoms with van der Waals surface area (Å²) in [6.07, 6.45) is 0. The number of aliphatic hydroxyl groups is 1. The zero-order valence-electron chi connectivity index (χ0n) is 18.4. The molecular weight excluding hydrogens is 424 g/mol. The van der Waals surface area contributed by atoms with Gasteiger partial charge in [0.25, 0.3) is 11.7 Å². The lowest BCUT2D eigenvalue weighted by Crippen LogP contribution is -2.29. The summed E-state index contributed by atoms with van der Waals surface area (Å²) in [5, 5.41) is 22.4. The van der Waals surface area contributed by atoms with Crippen LogP contribution in [0.1, 0.15) is 28.3 Å². The van der Waals surface area contributed by atoms with Crippen molar-refractivity contribution >= 4 is 33.9 Å². The third-order valence-corrected chi connectivity index (χ3v) is 6.25. The second-order valence-corrected chi connectivity index (χ2v) is 8.21. The van der Waals surface area contributed by atoms with Crippen molar-refractivity contribution in [2.75, 3.05) is 4.90 Å². The number of ketones is 1. The SMILES string of the molecule is Cc1ccccc1C1/C(=C(\O)c2cccc3ccccc23)C(=O)C(=O)N1c1ccc(C#N)cc1. The maximum Gasteiger partial charge on any atom is 0.300 e. The molecule has 1 fully saturated rings. The van der Waals surface area contributed by atoms with Gasteiger partial charge in [-0.15, -0.1) is 0 Å². The van der Waals surface area contributed by atoms with Crippen LogP contribution in [0.15, 0.2) is 96.6 Å². The quantitative estimate of drug-likeness (QED) is 0.252. The van der Waals surface area contributed by atoms with Gasteiger partial charge in [0, 0.05) is 11.3 Å². The van der Waals surface area contributed by atoms with Crippen molar-refractivity contribution in [1.82, 2.24) is 0 Å². The molecule has 1 amide bonds. The van der Waals surface area contributed by atoms with Gasteiger partial charge in [0.15, 0.2) is 0 Å². The summed E-state index contributed by atoms with van der Waals surface area (Å²) >= 11 is 0. The first-order valence-corrected chi connectivity index (χ1v) is 10.9. The summed E-state index contributed by atoms with van der Waals surface area (Å²) in [5.74, 6) is -1.68. The molecule has 0 radical (unpaired) electrons. The van der Waals surface area contributed by atoms with Gasteiger partial charge in [0.05, 0.1) is 23.2 Å². The number of anilines is 1. The Morgan fingerprint density at radius 3 is 2.29 bits per heavy atom. The van der Waals surface area contributed by atoms with Gasteiger partial charge in [0.1, 0.15) is 5.76 Å².